The van der Waals surface area contributed by atoms with Crippen LogP contribution in [0.4, 0.5) is 0 Å². The number of carbonyl (C=O) groups is 1. The molecule has 6 nitrogen and oxygen atoms in total. The fraction of sp³-hybridized carbons (Fsp3) is 0.176. The van der Waals surface area contributed by atoms with Gasteiger partial charge in [-0.3, -0.25) is 4.57 Å². The van der Waals surface area contributed by atoms with Crippen LogP contribution in [0.15, 0.2) is 40.9 Å². The number of hydrogen-bond acceptors (Lipinski definition) is 7. The van der Waals surface area contributed by atoms with Crippen molar-refractivity contribution in [3.63, 3.8) is 0 Å². The van der Waals surface area contributed by atoms with E-state index < -0.39 is 5.97 Å². The lowest BCUT2D eigenvalue weighted by atomic mass is 10.2. The molecule has 3 heterocycles. The Morgan fingerprint density at radius 3 is 2.96 bits per heavy atom. The number of nitrogens with zero attached hydrogens (tertiary/aromatic N) is 4. The maximum atomic E-state index is 12.1. The van der Waals surface area contributed by atoms with E-state index in [0.717, 1.165) is 20.1 Å². The molecule has 0 N–H and O–H groups in total. The molecule has 0 aliphatic rings. The standard InChI is InChI=1S/C17H14N4O2S2/c1-23-16(22)15-19-12-4-3-7-18-14(12)21(15)9-10-5-6-11-13(8-10)25-17(20-11)24-2/h3-8H,9H2,1-2H3. The topological polar surface area (TPSA) is 69.9 Å². The van der Waals surface area contributed by atoms with E-state index in [0.29, 0.717) is 17.7 Å². The zero-order valence-corrected chi connectivity index (χ0v) is 15.2. The van der Waals surface area contributed by atoms with Gasteiger partial charge >= 0.3 is 5.97 Å². The number of methoxy groups -OCH3 is 1. The van der Waals surface area contributed by atoms with Crippen LogP contribution in [0.5, 0.6) is 0 Å². The second-order valence-corrected chi connectivity index (χ2v) is 7.43. The van der Waals surface area contributed by atoms with E-state index in [1.807, 2.05) is 24.5 Å². The molecule has 0 radical (unpaired) electrons. The number of imidazole rings is 1. The van der Waals surface area contributed by atoms with Crippen LogP contribution in [-0.2, 0) is 11.3 Å². The zero-order chi connectivity index (χ0) is 17.4. The lowest BCUT2D eigenvalue weighted by molar-refractivity contribution is 0.0582. The summed E-state index contributed by atoms with van der Waals surface area (Å²) >= 11 is 3.30. The molecular weight excluding hydrogens is 356 g/mol. The van der Waals surface area contributed by atoms with Crippen LogP contribution >= 0.6 is 23.1 Å². The van der Waals surface area contributed by atoms with Crippen molar-refractivity contribution in [3.8, 4) is 0 Å². The van der Waals surface area contributed by atoms with Crippen molar-refractivity contribution in [2.24, 2.45) is 0 Å². The van der Waals surface area contributed by atoms with E-state index >= 15 is 0 Å². The molecule has 0 spiro atoms. The Morgan fingerprint density at radius 1 is 1.28 bits per heavy atom. The lowest BCUT2D eigenvalue weighted by Gasteiger charge is -2.07. The van der Waals surface area contributed by atoms with Crippen LogP contribution in [0.1, 0.15) is 16.2 Å². The fourth-order valence-corrected chi connectivity index (χ4v) is 4.22. The quantitative estimate of drug-likeness (QED) is 0.404. The minimum Gasteiger partial charge on any atom is -0.463 e. The number of fused-ring (bicyclic) bond motifs is 2. The minimum absolute atomic E-state index is 0.255. The van der Waals surface area contributed by atoms with Crippen LogP contribution in [0, 0.1) is 0 Å². The molecule has 8 heteroatoms. The number of rotatable bonds is 4. The van der Waals surface area contributed by atoms with E-state index in [1.54, 1.807) is 39.9 Å². The van der Waals surface area contributed by atoms with Gasteiger partial charge in [-0.15, -0.1) is 11.3 Å². The van der Waals surface area contributed by atoms with Crippen LogP contribution in [0.2, 0.25) is 0 Å². The normalized spacial score (nSPS) is 11.3. The van der Waals surface area contributed by atoms with Gasteiger partial charge in [0.25, 0.3) is 0 Å². The first-order valence-electron chi connectivity index (χ1n) is 7.52. The Bertz CT molecular complexity index is 1090. The number of hydrogen-bond donors (Lipinski definition) is 0. The number of thioether (sulfide) groups is 1. The van der Waals surface area contributed by atoms with Crippen LogP contribution in [0.3, 0.4) is 0 Å². The summed E-state index contributed by atoms with van der Waals surface area (Å²) in [6.45, 7) is 0.486. The van der Waals surface area contributed by atoms with Crippen molar-refractivity contribution in [1.82, 2.24) is 19.5 Å². The largest absolute Gasteiger partial charge is 0.463 e. The van der Waals surface area contributed by atoms with Crippen molar-refractivity contribution in [2.45, 2.75) is 10.9 Å². The average Bonchev–Trinajstić information content (AvgIpc) is 3.22. The SMILES string of the molecule is COC(=O)c1nc2cccnc2n1Cc1ccc2nc(SC)sc2c1. The molecule has 0 fully saturated rings. The molecule has 0 aliphatic carbocycles. The summed E-state index contributed by atoms with van der Waals surface area (Å²) in [6.07, 6.45) is 3.71. The molecule has 4 rings (SSSR count). The first-order chi connectivity index (χ1) is 12.2. The first-order valence-corrected chi connectivity index (χ1v) is 9.56. The molecule has 4 aromatic rings. The third kappa shape index (κ3) is 2.87. The molecule has 0 saturated carbocycles. The van der Waals surface area contributed by atoms with E-state index in [1.165, 1.54) is 7.11 Å². The van der Waals surface area contributed by atoms with E-state index in [2.05, 4.69) is 21.0 Å². The predicted molar refractivity (Wildman–Crippen MR) is 99.4 cm³/mol. The molecule has 126 valence electrons. The summed E-state index contributed by atoms with van der Waals surface area (Å²) in [5.41, 5.74) is 3.38. The number of pyridine rings is 1. The van der Waals surface area contributed by atoms with Gasteiger partial charge in [0.15, 0.2) is 9.99 Å². The summed E-state index contributed by atoms with van der Waals surface area (Å²) in [6, 6.07) is 9.76. The number of benzene rings is 1. The van der Waals surface area contributed by atoms with Crippen molar-refractivity contribution >= 4 is 50.4 Å². The van der Waals surface area contributed by atoms with Crippen molar-refractivity contribution in [3.05, 3.63) is 47.9 Å². The van der Waals surface area contributed by atoms with E-state index in [9.17, 15) is 4.79 Å². The highest BCUT2D eigenvalue weighted by atomic mass is 32.2. The smallest absolute Gasteiger partial charge is 0.374 e. The van der Waals surface area contributed by atoms with Gasteiger partial charge in [-0.2, -0.15) is 0 Å². The third-order valence-electron chi connectivity index (χ3n) is 3.82. The molecule has 0 unspecified atom stereocenters. The van der Waals surface area contributed by atoms with Gasteiger partial charge in [0.1, 0.15) is 5.52 Å². The van der Waals surface area contributed by atoms with Crippen LogP contribution in [0.25, 0.3) is 21.4 Å². The minimum atomic E-state index is -0.471. The second kappa shape index (κ2) is 6.45. The summed E-state index contributed by atoms with van der Waals surface area (Å²) in [5, 5.41) is 0. The number of carbonyl (C=O) groups excluding carboxylic acids is 1. The second-order valence-electron chi connectivity index (χ2n) is 5.35. The van der Waals surface area contributed by atoms with Crippen molar-refractivity contribution in [2.75, 3.05) is 13.4 Å². The van der Waals surface area contributed by atoms with Gasteiger partial charge in [-0.1, -0.05) is 17.8 Å². The zero-order valence-electron chi connectivity index (χ0n) is 13.6. The Hall–Kier alpha value is -2.45. The maximum Gasteiger partial charge on any atom is 0.374 e. The van der Waals surface area contributed by atoms with Crippen molar-refractivity contribution in [1.29, 1.82) is 0 Å². The Labute approximate surface area is 151 Å². The van der Waals surface area contributed by atoms with Gasteiger partial charge < -0.3 is 4.74 Å². The van der Waals surface area contributed by atoms with Crippen LogP contribution < -0.4 is 0 Å². The first kappa shape index (κ1) is 16.0. The molecule has 0 aliphatic heterocycles. The molecule has 0 saturated heterocycles. The molecule has 3 aromatic heterocycles. The maximum absolute atomic E-state index is 12.1. The van der Waals surface area contributed by atoms with Gasteiger partial charge in [0.2, 0.25) is 5.82 Å². The molecule has 0 bridgehead atoms. The highest BCUT2D eigenvalue weighted by Crippen LogP contribution is 2.29. The molecule has 25 heavy (non-hydrogen) atoms. The number of thiazole rings is 1. The summed E-state index contributed by atoms with van der Waals surface area (Å²) in [4.78, 5) is 25.4. The van der Waals surface area contributed by atoms with Crippen molar-refractivity contribution < 1.29 is 9.53 Å². The molecule has 0 amide bonds. The molecular formula is C17H14N4O2S2. The highest BCUT2D eigenvalue weighted by Gasteiger charge is 2.19. The van der Waals surface area contributed by atoms with Gasteiger partial charge in [0, 0.05) is 6.20 Å². The van der Waals surface area contributed by atoms with E-state index in [4.69, 9.17) is 4.74 Å². The molecule has 0 atom stereocenters. The number of esters is 1. The van der Waals surface area contributed by atoms with E-state index in [-0.39, 0.29) is 5.82 Å². The highest BCUT2D eigenvalue weighted by molar-refractivity contribution is 8.00. The predicted octanol–water partition coefficient (Wildman–Crippen LogP) is 3.60. The van der Waals surface area contributed by atoms with Gasteiger partial charge in [0.05, 0.1) is 23.9 Å². The average molecular weight is 370 g/mol. The number of aromatic nitrogens is 4. The summed E-state index contributed by atoms with van der Waals surface area (Å²) in [7, 11) is 1.35. The van der Waals surface area contributed by atoms with Crippen LogP contribution in [-0.4, -0.2) is 38.9 Å². The lowest BCUT2D eigenvalue weighted by Crippen LogP contribution is -2.13. The monoisotopic (exact) mass is 370 g/mol. The summed E-state index contributed by atoms with van der Waals surface area (Å²) in [5.74, 6) is -0.216. The Morgan fingerprint density at radius 2 is 2.16 bits per heavy atom. The van der Waals surface area contributed by atoms with Gasteiger partial charge in [-0.05, 0) is 36.1 Å². The third-order valence-corrected chi connectivity index (χ3v) is 5.82. The summed E-state index contributed by atoms with van der Waals surface area (Å²) < 4.78 is 8.83. The fourth-order valence-electron chi connectivity index (χ4n) is 2.67. The number of ether oxygens (including phenoxy) is 1. The molecule has 1 aromatic carbocycles. The Balaban J connectivity index is 1.80. The van der Waals surface area contributed by atoms with Gasteiger partial charge in [-0.25, -0.2) is 19.7 Å². The Kier molecular flexibility index (Phi) is 4.14.